The molecule has 1 fully saturated rings. The molecule has 0 saturated carbocycles. The highest BCUT2D eigenvalue weighted by atomic mass is 16.7. The van der Waals surface area contributed by atoms with Gasteiger partial charge >= 0.3 is 0 Å². The largest absolute Gasteiger partial charge is 0.396 e. The van der Waals surface area contributed by atoms with E-state index in [0.29, 0.717) is 13.2 Å². The van der Waals surface area contributed by atoms with Crippen molar-refractivity contribution >= 4 is 5.91 Å². The van der Waals surface area contributed by atoms with Gasteiger partial charge in [-0.2, -0.15) is 0 Å². The van der Waals surface area contributed by atoms with Crippen LogP contribution in [0.1, 0.15) is 32.1 Å². The number of ether oxygens (including phenoxy) is 2. The van der Waals surface area contributed by atoms with Crippen molar-refractivity contribution in [3.8, 4) is 0 Å². The minimum absolute atomic E-state index is 0.127. The molecule has 5 N–H and O–H groups in total. The normalized spacial score (nSPS) is 28.5. The van der Waals surface area contributed by atoms with Gasteiger partial charge in [-0.15, -0.1) is 0 Å². The average molecular weight is 321 g/mol. The van der Waals surface area contributed by atoms with Crippen molar-refractivity contribution in [2.75, 3.05) is 26.4 Å². The second kappa shape index (κ2) is 10.9. The second-order valence-corrected chi connectivity index (χ2v) is 5.34. The molecule has 2 unspecified atom stereocenters. The Hall–Kier alpha value is -0.770. The molecular weight excluding hydrogens is 294 g/mol. The Kier molecular flexibility index (Phi) is 9.53. The third-order valence-corrected chi connectivity index (χ3v) is 3.50. The monoisotopic (exact) mass is 321 g/mol. The number of hydrogen-bond donors (Lipinski definition) is 5. The molecular formula is C14H27NO7. The molecule has 0 aliphatic carbocycles. The fourth-order valence-corrected chi connectivity index (χ4v) is 2.21. The van der Waals surface area contributed by atoms with Crippen molar-refractivity contribution in [1.29, 1.82) is 0 Å². The molecule has 4 atom stereocenters. The van der Waals surface area contributed by atoms with Crippen LogP contribution in [0.5, 0.6) is 0 Å². The molecule has 8 heteroatoms. The molecule has 1 rings (SSSR count). The van der Waals surface area contributed by atoms with Crippen molar-refractivity contribution in [1.82, 2.24) is 5.32 Å². The molecule has 0 bridgehead atoms. The van der Waals surface area contributed by atoms with Crippen LogP contribution in [0, 0.1) is 0 Å². The number of aliphatic hydroxyl groups is 4. The highest BCUT2D eigenvalue weighted by Gasteiger charge is 2.36. The molecule has 0 aromatic carbocycles. The van der Waals surface area contributed by atoms with E-state index in [1.807, 2.05) is 0 Å². The van der Waals surface area contributed by atoms with E-state index < -0.39 is 24.6 Å². The summed E-state index contributed by atoms with van der Waals surface area (Å²) in [4.78, 5) is 11.1. The minimum Gasteiger partial charge on any atom is -0.396 e. The summed E-state index contributed by atoms with van der Waals surface area (Å²) in [5, 5.41) is 39.5. The van der Waals surface area contributed by atoms with E-state index in [1.54, 1.807) is 0 Å². The molecule has 130 valence electrons. The van der Waals surface area contributed by atoms with Gasteiger partial charge in [0.15, 0.2) is 6.29 Å². The predicted molar refractivity (Wildman–Crippen MR) is 76.9 cm³/mol. The predicted octanol–water partition coefficient (Wildman–Crippen LogP) is -1.50. The topological polar surface area (TPSA) is 128 Å². The number of carbonyl (C=O) groups is 1. The van der Waals surface area contributed by atoms with E-state index >= 15 is 0 Å². The lowest BCUT2D eigenvalue weighted by Gasteiger charge is -2.36. The van der Waals surface area contributed by atoms with Crippen molar-refractivity contribution in [2.24, 2.45) is 0 Å². The lowest BCUT2D eigenvalue weighted by atomic mass is 10.0. The number of hydrogen-bond acceptors (Lipinski definition) is 7. The van der Waals surface area contributed by atoms with Crippen molar-refractivity contribution < 1.29 is 34.7 Å². The molecule has 1 aliphatic heterocycles. The smallest absolute Gasteiger partial charge is 0.222 e. The summed E-state index contributed by atoms with van der Waals surface area (Å²) in [6.07, 6.45) is -0.747. The van der Waals surface area contributed by atoms with E-state index in [1.165, 1.54) is 0 Å². The van der Waals surface area contributed by atoms with Crippen LogP contribution in [-0.4, -0.2) is 77.3 Å². The van der Waals surface area contributed by atoms with Crippen LogP contribution in [0.2, 0.25) is 0 Å². The Morgan fingerprint density at radius 1 is 1.23 bits per heavy atom. The molecule has 1 amide bonds. The third kappa shape index (κ3) is 6.99. The highest BCUT2D eigenvalue weighted by Crippen LogP contribution is 2.21. The molecule has 0 spiro atoms. The Labute approximate surface area is 130 Å². The summed E-state index contributed by atoms with van der Waals surface area (Å²) in [5.74, 6) is -0.156. The van der Waals surface area contributed by atoms with Gasteiger partial charge in [-0.3, -0.25) is 4.79 Å². The van der Waals surface area contributed by atoms with Gasteiger partial charge < -0.3 is 35.2 Å². The first kappa shape index (κ1) is 19.3. The number of aliphatic hydroxyl groups excluding tert-OH is 4. The van der Waals surface area contributed by atoms with E-state index in [0.717, 1.165) is 19.3 Å². The zero-order valence-electron chi connectivity index (χ0n) is 12.7. The highest BCUT2D eigenvalue weighted by molar-refractivity contribution is 5.75. The van der Waals surface area contributed by atoms with Crippen LogP contribution in [0.3, 0.4) is 0 Å². The van der Waals surface area contributed by atoms with E-state index in [-0.39, 0.29) is 32.0 Å². The number of nitrogens with one attached hydrogen (secondary N) is 1. The summed E-state index contributed by atoms with van der Waals surface area (Å²) in [5.41, 5.74) is 0. The van der Waals surface area contributed by atoms with Crippen molar-refractivity contribution in [2.45, 2.75) is 56.7 Å². The quantitative estimate of drug-likeness (QED) is 0.310. The first-order chi connectivity index (χ1) is 10.6. The van der Waals surface area contributed by atoms with Crippen LogP contribution >= 0.6 is 0 Å². The molecule has 0 radical (unpaired) electrons. The van der Waals surface area contributed by atoms with Gasteiger partial charge in [-0.25, -0.2) is 0 Å². The Balaban J connectivity index is 2.04. The molecule has 1 saturated heterocycles. The number of unbranched alkanes of at least 4 members (excludes halogenated alkanes) is 2. The van der Waals surface area contributed by atoms with Gasteiger partial charge in [0.05, 0.1) is 19.3 Å². The van der Waals surface area contributed by atoms with Crippen LogP contribution in [0.15, 0.2) is 0 Å². The SMILES string of the molecule is O=C(CCO)NCCCCCOC1CC(O)[C@@H](O)[C@@H](CO)O1. The first-order valence-electron chi connectivity index (χ1n) is 7.70. The van der Waals surface area contributed by atoms with E-state index in [2.05, 4.69) is 5.32 Å². The van der Waals surface area contributed by atoms with Gasteiger partial charge in [0.1, 0.15) is 12.2 Å². The molecule has 1 heterocycles. The standard InChI is InChI=1S/C14H27NO7/c16-6-4-12(19)15-5-2-1-3-7-21-13-8-10(18)14(20)11(9-17)22-13/h10-11,13-14,16-18,20H,1-9H2,(H,15,19)/t10?,11-,13?,14-/m1/s1. The van der Waals surface area contributed by atoms with Gasteiger partial charge in [0, 0.05) is 26.0 Å². The molecule has 8 nitrogen and oxygen atoms in total. The molecule has 0 aromatic rings. The second-order valence-electron chi connectivity index (χ2n) is 5.34. The Morgan fingerprint density at radius 3 is 2.68 bits per heavy atom. The lowest BCUT2D eigenvalue weighted by molar-refractivity contribution is -0.256. The summed E-state index contributed by atoms with van der Waals surface area (Å²) in [6.45, 7) is 0.495. The van der Waals surface area contributed by atoms with E-state index in [9.17, 15) is 15.0 Å². The average Bonchev–Trinajstić information content (AvgIpc) is 2.49. The zero-order valence-corrected chi connectivity index (χ0v) is 12.7. The molecule has 0 aromatic heterocycles. The molecule has 1 aliphatic rings. The van der Waals surface area contributed by atoms with Crippen LogP contribution in [-0.2, 0) is 14.3 Å². The number of carbonyl (C=O) groups excluding carboxylic acids is 1. The zero-order chi connectivity index (χ0) is 16.4. The summed E-state index contributed by atoms with van der Waals surface area (Å²) in [6, 6.07) is 0. The maximum absolute atomic E-state index is 11.1. The first-order valence-corrected chi connectivity index (χ1v) is 7.70. The van der Waals surface area contributed by atoms with Crippen molar-refractivity contribution in [3.05, 3.63) is 0 Å². The van der Waals surface area contributed by atoms with Gasteiger partial charge in [0.25, 0.3) is 0 Å². The van der Waals surface area contributed by atoms with Gasteiger partial charge in [0.2, 0.25) is 5.91 Å². The lowest BCUT2D eigenvalue weighted by Crippen LogP contribution is -2.50. The van der Waals surface area contributed by atoms with Crippen LogP contribution in [0.25, 0.3) is 0 Å². The maximum atomic E-state index is 11.1. The summed E-state index contributed by atoms with van der Waals surface area (Å²) >= 11 is 0. The summed E-state index contributed by atoms with van der Waals surface area (Å²) < 4.78 is 10.8. The number of amides is 1. The maximum Gasteiger partial charge on any atom is 0.222 e. The summed E-state index contributed by atoms with van der Waals surface area (Å²) in [7, 11) is 0. The van der Waals surface area contributed by atoms with Crippen LogP contribution in [0.4, 0.5) is 0 Å². The third-order valence-electron chi connectivity index (χ3n) is 3.50. The minimum atomic E-state index is -1.09. The fraction of sp³-hybridized carbons (Fsp3) is 0.929. The van der Waals surface area contributed by atoms with Crippen LogP contribution < -0.4 is 5.32 Å². The van der Waals surface area contributed by atoms with E-state index in [4.69, 9.17) is 19.7 Å². The van der Waals surface area contributed by atoms with Crippen molar-refractivity contribution in [3.63, 3.8) is 0 Å². The Morgan fingerprint density at radius 2 is 2.00 bits per heavy atom. The fourth-order valence-electron chi connectivity index (χ4n) is 2.21. The Bertz CT molecular complexity index is 316. The molecule has 22 heavy (non-hydrogen) atoms. The van der Waals surface area contributed by atoms with Gasteiger partial charge in [-0.05, 0) is 19.3 Å². The van der Waals surface area contributed by atoms with Gasteiger partial charge in [-0.1, -0.05) is 0 Å². The number of rotatable bonds is 10.